The monoisotopic (exact) mass is 478 g/mol. The molecule has 0 bridgehead atoms. The number of benzene rings is 2. The highest BCUT2D eigenvalue weighted by Gasteiger charge is 2.50. The Balaban J connectivity index is 2.24. The van der Waals surface area contributed by atoms with Crippen molar-refractivity contribution in [1.29, 1.82) is 5.26 Å². The molecule has 1 aliphatic carbocycles. The van der Waals surface area contributed by atoms with Crippen LogP contribution in [0.4, 0.5) is 17.6 Å². The third kappa shape index (κ3) is 4.52. The minimum Gasteiger partial charge on any atom is -0.457 e. The van der Waals surface area contributed by atoms with Gasteiger partial charge in [-0.25, -0.2) is 31.1 Å². The predicted octanol–water partition coefficient (Wildman–Crippen LogP) is 2.33. The summed E-state index contributed by atoms with van der Waals surface area (Å²) < 4.78 is 96.9. The first-order valence-corrected chi connectivity index (χ1v) is 11.8. The molecular formula is C18H14F4N2O5S2. The van der Waals surface area contributed by atoms with Gasteiger partial charge in [-0.3, -0.25) is 4.21 Å². The summed E-state index contributed by atoms with van der Waals surface area (Å²) in [6.07, 6.45) is -3.64. The van der Waals surface area contributed by atoms with Crippen LogP contribution in [0.3, 0.4) is 0 Å². The van der Waals surface area contributed by atoms with E-state index in [1.54, 1.807) is 6.07 Å². The smallest absolute Gasteiger partial charge is 0.281 e. The maximum Gasteiger partial charge on any atom is 0.281 e. The normalized spacial score (nSPS) is 19.2. The minimum atomic E-state index is -4.59. The highest BCUT2D eigenvalue weighted by molar-refractivity contribution is 8.20. The summed E-state index contributed by atoms with van der Waals surface area (Å²) in [6, 6.07) is 4.72. The van der Waals surface area contributed by atoms with E-state index in [-0.39, 0.29) is 27.3 Å². The van der Waals surface area contributed by atoms with Gasteiger partial charge in [0.15, 0.2) is 6.01 Å². The maximum atomic E-state index is 14.3. The van der Waals surface area contributed by atoms with E-state index in [4.69, 9.17) is 15.1 Å². The SMILES string of the molecule is N#Cc1cc(F)cc(Oc2ccc(S(=O)(=CS(N)(=O)=O)CF)c3c2CC(F)(F)[C@H]3O)c1. The van der Waals surface area contributed by atoms with Crippen LogP contribution in [-0.2, 0) is 26.0 Å². The van der Waals surface area contributed by atoms with Crippen molar-refractivity contribution < 1.29 is 40.0 Å². The predicted molar refractivity (Wildman–Crippen MR) is 103 cm³/mol. The first-order valence-electron chi connectivity index (χ1n) is 8.35. The lowest BCUT2D eigenvalue weighted by Crippen LogP contribution is -2.24. The van der Waals surface area contributed by atoms with Crippen LogP contribution in [0.2, 0.25) is 0 Å². The Bertz CT molecular complexity index is 1330. The third-order valence-electron chi connectivity index (χ3n) is 4.41. The fourth-order valence-corrected chi connectivity index (χ4v) is 6.59. The van der Waals surface area contributed by atoms with Crippen molar-refractivity contribution >= 4 is 24.2 Å². The van der Waals surface area contributed by atoms with Gasteiger partial charge in [0.05, 0.1) is 11.6 Å². The first-order chi connectivity index (χ1) is 14.3. The van der Waals surface area contributed by atoms with Gasteiger partial charge < -0.3 is 9.84 Å². The summed E-state index contributed by atoms with van der Waals surface area (Å²) in [7, 11) is -8.83. The van der Waals surface area contributed by atoms with E-state index in [0.717, 1.165) is 30.3 Å². The third-order valence-corrected chi connectivity index (χ3v) is 8.15. The molecule has 2 aromatic carbocycles. The maximum absolute atomic E-state index is 14.3. The molecule has 0 aliphatic heterocycles. The molecule has 2 aromatic rings. The Morgan fingerprint density at radius 2 is 1.97 bits per heavy atom. The number of alkyl halides is 3. The van der Waals surface area contributed by atoms with Crippen molar-refractivity contribution in [2.45, 2.75) is 23.3 Å². The number of aliphatic hydroxyl groups excluding tert-OH is 1. The van der Waals surface area contributed by atoms with Crippen molar-refractivity contribution in [2.75, 3.05) is 6.01 Å². The zero-order chi connectivity index (χ0) is 23.2. The summed E-state index contributed by atoms with van der Waals surface area (Å²) in [4.78, 5) is -0.673. The summed E-state index contributed by atoms with van der Waals surface area (Å²) in [6.45, 7) is 0. The number of hydrogen-bond acceptors (Lipinski definition) is 6. The number of nitrogens with zero attached hydrogens (tertiary/aromatic N) is 1. The van der Waals surface area contributed by atoms with Crippen molar-refractivity contribution in [3.63, 3.8) is 0 Å². The molecule has 31 heavy (non-hydrogen) atoms. The highest BCUT2D eigenvalue weighted by Crippen LogP contribution is 2.50. The van der Waals surface area contributed by atoms with E-state index >= 15 is 0 Å². The van der Waals surface area contributed by atoms with E-state index in [1.807, 2.05) is 0 Å². The fraction of sp³-hybridized carbons (Fsp3) is 0.222. The Morgan fingerprint density at radius 3 is 2.55 bits per heavy atom. The van der Waals surface area contributed by atoms with Gasteiger partial charge in [-0.1, -0.05) is 0 Å². The van der Waals surface area contributed by atoms with Gasteiger partial charge in [0.25, 0.3) is 5.92 Å². The van der Waals surface area contributed by atoms with Crippen LogP contribution in [0.5, 0.6) is 11.5 Å². The first kappa shape index (κ1) is 23.0. The number of aliphatic hydroxyl groups is 1. The van der Waals surface area contributed by atoms with Crippen LogP contribution in [0.15, 0.2) is 35.2 Å². The Morgan fingerprint density at radius 1 is 1.29 bits per heavy atom. The van der Waals surface area contributed by atoms with Crippen LogP contribution in [0.1, 0.15) is 22.8 Å². The molecule has 0 saturated heterocycles. The number of halogens is 4. The van der Waals surface area contributed by atoms with E-state index in [0.29, 0.717) is 0 Å². The Labute approximate surface area is 174 Å². The number of rotatable bonds is 5. The van der Waals surface area contributed by atoms with Crippen LogP contribution in [0.25, 0.3) is 0 Å². The van der Waals surface area contributed by atoms with E-state index in [2.05, 4.69) is 0 Å². The second-order valence-electron chi connectivity index (χ2n) is 6.70. The molecule has 0 radical (unpaired) electrons. The van der Waals surface area contributed by atoms with Crippen molar-refractivity contribution in [1.82, 2.24) is 0 Å². The van der Waals surface area contributed by atoms with Gasteiger partial charge in [0, 0.05) is 38.0 Å². The van der Waals surface area contributed by atoms with E-state index in [1.165, 1.54) is 0 Å². The summed E-state index contributed by atoms with van der Waals surface area (Å²) >= 11 is 0. The van der Waals surface area contributed by atoms with Gasteiger partial charge >= 0.3 is 0 Å². The average molecular weight is 478 g/mol. The molecule has 0 saturated carbocycles. The zero-order valence-electron chi connectivity index (χ0n) is 15.4. The quantitative estimate of drug-likeness (QED) is 0.501. The molecule has 2 atom stereocenters. The van der Waals surface area contributed by atoms with E-state index < -0.39 is 60.3 Å². The molecule has 166 valence electrons. The zero-order valence-corrected chi connectivity index (χ0v) is 17.0. The topological polar surface area (TPSA) is 130 Å². The van der Waals surface area contributed by atoms with Gasteiger partial charge in [-0.15, -0.1) is 0 Å². The minimum absolute atomic E-state index is 0.0189. The number of primary sulfonamides is 1. The standard InChI is InChI=1S/C18H14F4N2O5S2/c19-8-30(26,9-31(24,27)28)15-2-1-14(13-6-18(21,22)17(25)16(13)15)29-12-4-10(7-23)3-11(20)5-12/h1-5,9,17,25H,6,8H2,(H2,24,27,28)/t17-,30?/m0/s1. The molecule has 0 spiro atoms. The molecule has 3 rings (SSSR count). The Kier molecular flexibility index (Phi) is 5.78. The molecule has 1 unspecified atom stereocenters. The van der Waals surface area contributed by atoms with Crippen LogP contribution < -0.4 is 9.88 Å². The summed E-state index contributed by atoms with van der Waals surface area (Å²) in [5.41, 5.74) is -1.15. The molecule has 0 heterocycles. The number of nitrogens with two attached hydrogens (primary N) is 1. The number of ether oxygens (including phenoxy) is 1. The highest BCUT2D eigenvalue weighted by atomic mass is 32.3. The average Bonchev–Trinajstić information content (AvgIpc) is 2.90. The summed E-state index contributed by atoms with van der Waals surface area (Å²) in [5.74, 6) is -5.13. The molecular weight excluding hydrogens is 464 g/mol. The second kappa shape index (κ2) is 7.79. The molecule has 0 aromatic heterocycles. The molecule has 13 heteroatoms. The molecule has 1 aliphatic rings. The lowest BCUT2D eigenvalue weighted by molar-refractivity contribution is -0.0976. The lowest BCUT2D eigenvalue weighted by atomic mass is 10.1. The number of hydrogen-bond donors (Lipinski definition) is 2. The molecule has 0 fully saturated rings. The summed E-state index contributed by atoms with van der Waals surface area (Å²) in [5, 5.41) is 23.8. The molecule has 3 N–H and O–H groups in total. The van der Waals surface area contributed by atoms with Gasteiger partial charge in [-0.05, 0) is 24.3 Å². The lowest BCUT2D eigenvalue weighted by Gasteiger charge is -2.18. The second-order valence-corrected chi connectivity index (χ2v) is 10.8. The fourth-order valence-electron chi connectivity index (χ4n) is 3.21. The number of sulfonamides is 1. The van der Waals surface area contributed by atoms with Gasteiger partial charge in [0.2, 0.25) is 10.0 Å². The number of nitriles is 1. The van der Waals surface area contributed by atoms with Gasteiger partial charge in [-0.2, -0.15) is 5.26 Å². The van der Waals surface area contributed by atoms with E-state index in [9.17, 15) is 35.3 Å². The van der Waals surface area contributed by atoms with Crippen LogP contribution >= 0.6 is 0 Å². The van der Waals surface area contributed by atoms with Crippen molar-refractivity contribution in [3.8, 4) is 17.6 Å². The van der Waals surface area contributed by atoms with Crippen molar-refractivity contribution in [3.05, 3.63) is 52.8 Å². The van der Waals surface area contributed by atoms with Crippen LogP contribution in [0, 0.1) is 17.1 Å². The Hall–Kier alpha value is -2.66. The molecule has 7 nitrogen and oxygen atoms in total. The van der Waals surface area contributed by atoms with Crippen molar-refractivity contribution in [2.24, 2.45) is 5.14 Å². The molecule has 0 amide bonds. The van der Waals surface area contributed by atoms with Crippen LogP contribution in [-0.4, -0.2) is 34.4 Å². The largest absolute Gasteiger partial charge is 0.457 e. The number of fused-ring (bicyclic) bond motifs is 1. The van der Waals surface area contributed by atoms with Gasteiger partial charge in [0.1, 0.15) is 28.1 Å².